The predicted molar refractivity (Wildman–Crippen MR) is 340 cm³/mol. The molecule has 2 saturated heterocycles. The van der Waals surface area contributed by atoms with Crippen molar-refractivity contribution in [2.75, 3.05) is 79.0 Å². The summed E-state index contributed by atoms with van der Waals surface area (Å²) in [6.45, 7) is 6.12. The lowest BCUT2D eigenvalue weighted by Crippen LogP contribution is -2.61. The van der Waals surface area contributed by atoms with Gasteiger partial charge in [-0.2, -0.15) is 0 Å². The third-order valence-corrected chi connectivity index (χ3v) is 17.3. The van der Waals surface area contributed by atoms with Gasteiger partial charge in [-0.25, -0.2) is 0 Å². The second-order valence-electron chi connectivity index (χ2n) is 24.9. The normalized spacial score (nSPS) is 25.4. The van der Waals surface area contributed by atoms with Gasteiger partial charge in [-0.15, -0.1) is 0 Å². The highest BCUT2D eigenvalue weighted by atomic mass is 16.7. The van der Waals surface area contributed by atoms with E-state index in [4.69, 9.17) is 28.4 Å². The summed E-state index contributed by atoms with van der Waals surface area (Å²) in [7, 11) is 0. The van der Waals surface area contributed by atoms with Crippen molar-refractivity contribution in [2.45, 2.75) is 318 Å². The minimum Gasteiger partial charge on any atom is -0.394 e. The zero-order valence-electron chi connectivity index (χ0n) is 55.3. The van der Waals surface area contributed by atoms with Gasteiger partial charge in [-0.05, 0) is 51.4 Å². The van der Waals surface area contributed by atoms with Gasteiger partial charge in [0.2, 0.25) is 0 Å². The number of nitrogens with zero attached hydrogens (tertiary/aromatic N) is 2. The summed E-state index contributed by atoms with van der Waals surface area (Å²) in [4.78, 5) is 3.88. The van der Waals surface area contributed by atoms with Crippen molar-refractivity contribution in [3.63, 3.8) is 0 Å². The van der Waals surface area contributed by atoms with Crippen LogP contribution in [0, 0.1) is 0 Å². The summed E-state index contributed by atoms with van der Waals surface area (Å²) < 4.78 is 34.9. The number of hydrogen-bond donors (Lipinski definition) is 16. The summed E-state index contributed by atoms with van der Waals surface area (Å²) in [6, 6.07) is 0. The summed E-state index contributed by atoms with van der Waals surface area (Å²) in [6.07, 6.45) is 1.71. The Morgan fingerprint density at radius 3 is 1.01 bits per heavy atom. The van der Waals surface area contributed by atoms with E-state index in [2.05, 4.69) is 39.8 Å². The Morgan fingerprint density at radius 2 is 0.700 bits per heavy atom. The van der Waals surface area contributed by atoms with E-state index in [0.717, 1.165) is 165 Å². The van der Waals surface area contributed by atoms with Crippen molar-refractivity contribution in [3.8, 4) is 0 Å². The monoisotopic (exact) mass is 1300 g/mol. The van der Waals surface area contributed by atoms with E-state index < -0.39 is 137 Å². The van der Waals surface area contributed by atoms with Gasteiger partial charge in [0.1, 0.15) is 85.5 Å². The molecule has 90 heavy (non-hydrogen) atoms. The fraction of sp³-hybridized carbons (Fsp3) is 0.939. The molecule has 0 spiro atoms. The summed E-state index contributed by atoms with van der Waals surface area (Å²) >= 11 is 0. The topological polar surface area (TPSA) is 386 Å². The van der Waals surface area contributed by atoms with Gasteiger partial charge in [0.25, 0.3) is 0 Å². The van der Waals surface area contributed by atoms with Crippen LogP contribution in [0.4, 0.5) is 0 Å². The second-order valence-corrected chi connectivity index (χ2v) is 24.9. The number of rotatable bonds is 57. The van der Waals surface area contributed by atoms with Gasteiger partial charge in [0, 0.05) is 37.6 Å². The molecule has 0 saturated carbocycles. The molecule has 24 nitrogen and oxygen atoms in total. The van der Waals surface area contributed by atoms with E-state index in [0.29, 0.717) is 12.8 Å². The summed E-state index contributed by atoms with van der Waals surface area (Å²) in [5.41, 5.74) is 1.87. The van der Waals surface area contributed by atoms with Gasteiger partial charge in [0.05, 0.1) is 65.1 Å². The maximum absolute atomic E-state index is 11.8. The first-order chi connectivity index (χ1) is 43.4. The van der Waals surface area contributed by atoms with Gasteiger partial charge in [-0.3, -0.25) is 0 Å². The molecule has 0 aliphatic carbocycles. The molecule has 0 amide bonds. The van der Waals surface area contributed by atoms with Crippen molar-refractivity contribution in [3.05, 3.63) is 23.5 Å². The Morgan fingerprint density at radius 1 is 0.389 bits per heavy atom. The molecular weight excluding hydrogens is 1170 g/mol. The highest BCUT2D eigenvalue weighted by Gasteiger charge is 2.49. The molecule has 2 aliphatic heterocycles. The molecule has 18 atom stereocenters. The third-order valence-electron chi connectivity index (χ3n) is 17.3. The van der Waals surface area contributed by atoms with Gasteiger partial charge < -0.3 is 120 Å². The zero-order chi connectivity index (χ0) is 66.6. The van der Waals surface area contributed by atoms with Crippen LogP contribution < -0.4 is 0 Å². The van der Waals surface area contributed by atoms with Crippen LogP contribution >= 0.6 is 0 Å². The minimum absolute atomic E-state index is 0.154. The molecule has 24 heteroatoms. The number of unbranched alkanes of at least 4 members (excludes halogenated alkanes) is 22. The Kier molecular flexibility index (Phi) is 48.2. The lowest BCUT2D eigenvalue weighted by Gasteiger charge is -2.42. The molecule has 16 N–H and O–H groups in total. The molecule has 2 fully saturated rings. The SMILES string of the molecule is CCCCCCCC/C=C(/CCCCCCCC)N(CCOCCOCCN(C[C@H](O)[C@@H](O)[C@H](O[C@@H]1O[C@H](CO)[C@H](O)[C@H](O)[C@H]1O)[C@H](O)CO)/C(=C\CCCCCCCC)CCCCCCCC)C[C@H](O)[C@@H](O)[C@H](O[C@@H]1O[C@H](CO)[C@H](O)[C@H](O)[C@H]1O)[C@H](O)CO. The summed E-state index contributed by atoms with van der Waals surface area (Å²) in [5, 5.41) is 172. The molecule has 2 heterocycles. The summed E-state index contributed by atoms with van der Waals surface area (Å²) in [5.74, 6) is 0. The van der Waals surface area contributed by atoms with E-state index in [9.17, 15) is 81.7 Å². The molecule has 534 valence electrons. The van der Waals surface area contributed by atoms with Crippen LogP contribution in [0.5, 0.6) is 0 Å². The highest BCUT2D eigenvalue weighted by Crippen LogP contribution is 2.29. The molecule has 0 bridgehead atoms. The van der Waals surface area contributed by atoms with Crippen molar-refractivity contribution >= 4 is 0 Å². The molecule has 0 aromatic heterocycles. The molecule has 0 aromatic carbocycles. The molecule has 0 radical (unpaired) electrons. The number of aliphatic hydroxyl groups is 16. The average molecular weight is 1300 g/mol. The van der Waals surface area contributed by atoms with Crippen LogP contribution in [-0.2, 0) is 28.4 Å². The predicted octanol–water partition coefficient (Wildman–Crippen LogP) is 2.91. The third kappa shape index (κ3) is 32.3. The first-order valence-electron chi connectivity index (χ1n) is 34.7. The molecule has 0 aromatic rings. The average Bonchev–Trinajstić information content (AvgIpc) is 0.965. The Labute approximate surface area is 538 Å². The van der Waals surface area contributed by atoms with Gasteiger partial charge in [0.15, 0.2) is 12.6 Å². The minimum atomic E-state index is -1.88. The fourth-order valence-corrected chi connectivity index (χ4v) is 11.5. The number of allylic oxidation sites excluding steroid dienone is 4. The van der Waals surface area contributed by atoms with Crippen molar-refractivity contribution in [1.82, 2.24) is 9.80 Å². The molecular formula is C66H128N2O22. The fourth-order valence-electron chi connectivity index (χ4n) is 11.5. The lowest BCUT2D eigenvalue weighted by atomic mass is 9.98. The van der Waals surface area contributed by atoms with E-state index in [1.165, 1.54) is 12.8 Å². The molecule has 0 unspecified atom stereocenters. The van der Waals surface area contributed by atoms with Crippen LogP contribution in [0.3, 0.4) is 0 Å². The number of ether oxygens (including phenoxy) is 6. The van der Waals surface area contributed by atoms with E-state index in [1.54, 1.807) is 0 Å². The number of aliphatic hydroxyl groups excluding tert-OH is 16. The Hall–Kier alpha value is -1.80. The Bertz CT molecular complexity index is 1640. The van der Waals surface area contributed by atoms with Crippen LogP contribution in [0.25, 0.3) is 0 Å². The maximum atomic E-state index is 11.8. The lowest BCUT2D eigenvalue weighted by molar-refractivity contribution is -0.327. The zero-order valence-corrected chi connectivity index (χ0v) is 55.3. The van der Waals surface area contributed by atoms with Crippen LogP contribution in [0.15, 0.2) is 23.5 Å². The van der Waals surface area contributed by atoms with E-state index in [-0.39, 0.29) is 52.6 Å². The van der Waals surface area contributed by atoms with Crippen LogP contribution in [0.2, 0.25) is 0 Å². The van der Waals surface area contributed by atoms with Crippen molar-refractivity contribution in [2.24, 2.45) is 0 Å². The number of hydrogen-bond acceptors (Lipinski definition) is 24. The maximum Gasteiger partial charge on any atom is 0.187 e. The van der Waals surface area contributed by atoms with Gasteiger partial charge >= 0.3 is 0 Å². The van der Waals surface area contributed by atoms with Crippen LogP contribution in [0.1, 0.15) is 207 Å². The largest absolute Gasteiger partial charge is 0.394 e. The van der Waals surface area contributed by atoms with E-state index in [1.807, 2.05) is 9.80 Å². The highest BCUT2D eigenvalue weighted by molar-refractivity contribution is 5.05. The van der Waals surface area contributed by atoms with E-state index >= 15 is 0 Å². The van der Waals surface area contributed by atoms with Gasteiger partial charge in [-0.1, -0.05) is 168 Å². The van der Waals surface area contributed by atoms with Crippen molar-refractivity contribution < 1.29 is 110 Å². The smallest absolute Gasteiger partial charge is 0.187 e. The first-order valence-corrected chi connectivity index (χ1v) is 34.7. The second kappa shape index (κ2) is 51.5. The quantitative estimate of drug-likeness (QED) is 0.0389. The molecule has 2 aliphatic rings. The standard InChI is InChI=1S/C66H128N2O22/c1-5-9-13-17-21-25-29-33-47(31-27-23-19-15-11-7-3)67(41-49(73)55(77)63(51(75)43-69)89-65-61(83)59(81)57(79)53(45-71)87-65)35-37-85-39-40-86-38-36-68(48(32-28-24-20-16-12-8-4)34-30-26-22-18-14-10-6-2)42-50(74)56(78)64(52(76)44-70)90-66-62(84)60(82)58(80)54(46-72)88-66/h33-34,49-66,69-84H,5-32,35-46H2,1-4H3/b47-33-,48-34-/t49-,50-,51+,52+,53+,54+,55+,56+,57-,58-,59-,60-,61+,62+,63+,64+,65-,66-/m0/s1. The van der Waals surface area contributed by atoms with Crippen molar-refractivity contribution in [1.29, 1.82) is 0 Å². The Balaban J connectivity index is 2.42. The van der Waals surface area contributed by atoms with Crippen LogP contribution in [-0.4, -0.2) is 281 Å². The molecule has 2 rings (SSSR count). The first kappa shape index (κ1) is 84.3.